The van der Waals surface area contributed by atoms with Crippen molar-refractivity contribution in [3.63, 3.8) is 0 Å². The third-order valence-electron chi connectivity index (χ3n) is 12.3. The normalized spacial score (nSPS) is 14.0. The van der Waals surface area contributed by atoms with E-state index in [1.165, 1.54) is 0 Å². The molecule has 68 heavy (non-hydrogen) atoms. The molecule has 6 aromatic rings. The van der Waals surface area contributed by atoms with Crippen molar-refractivity contribution in [3.05, 3.63) is 135 Å². The Bertz CT molecular complexity index is 2780. The van der Waals surface area contributed by atoms with Crippen LogP contribution in [-0.2, 0) is 25.9 Å². The summed E-state index contributed by atoms with van der Waals surface area (Å²) in [7, 11) is 0. The molecule has 16 heteroatoms. The maximum Gasteiger partial charge on any atom is 0.291 e. The maximum atomic E-state index is 13.8. The van der Waals surface area contributed by atoms with Gasteiger partial charge < -0.3 is 39.5 Å². The molecular formula is C52H62N10O6. The van der Waals surface area contributed by atoms with Crippen LogP contribution >= 0.6 is 0 Å². The molecule has 1 fully saturated rings. The summed E-state index contributed by atoms with van der Waals surface area (Å²) >= 11 is 0. The fourth-order valence-electron chi connectivity index (χ4n) is 8.80. The Labute approximate surface area is 397 Å². The number of benzene rings is 2. The summed E-state index contributed by atoms with van der Waals surface area (Å²) < 4.78 is 13.8. The van der Waals surface area contributed by atoms with Crippen LogP contribution in [0.2, 0.25) is 0 Å². The predicted molar refractivity (Wildman–Crippen MR) is 263 cm³/mol. The quantitative estimate of drug-likeness (QED) is 0.0743. The molecule has 1 saturated heterocycles. The lowest BCUT2D eigenvalue weighted by molar-refractivity contribution is 0.0730. The summed E-state index contributed by atoms with van der Waals surface area (Å²) in [6.07, 6.45) is 7.40. The Kier molecular flexibility index (Phi) is 15.1. The van der Waals surface area contributed by atoms with Gasteiger partial charge in [-0.05, 0) is 126 Å². The van der Waals surface area contributed by atoms with Gasteiger partial charge in [-0.25, -0.2) is 9.97 Å². The summed E-state index contributed by atoms with van der Waals surface area (Å²) in [5.41, 5.74) is 7.56. The van der Waals surface area contributed by atoms with Crippen molar-refractivity contribution >= 4 is 40.1 Å². The number of imidazole rings is 1. The van der Waals surface area contributed by atoms with E-state index in [0.29, 0.717) is 67.6 Å². The second-order valence-corrected chi connectivity index (χ2v) is 18.0. The van der Waals surface area contributed by atoms with Crippen LogP contribution in [0.1, 0.15) is 114 Å². The Balaban J connectivity index is 0.736. The fourth-order valence-corrected chi connectivity index (χ4v) is 8.80. The number of nitrogens with one attached hydrogen (secondary N) is 3. The van der Waals surface area contributed by atoms with Crippen LogP contribution in [0.3, 0.4) is 0 Å². The molecule has 2 aliphatic heterocycles. The molecule has 16 nitrogen and oxygen atoms in total. The summed E-state index contributed by atoms with van der Waals surface area (Å²) in [5.74, 6) is 1.05. The number of amides is 3. The molecule has 0 spiro atoms. The number of aryl methyl sites for hydroxylation is 1. The Morgan fingerprint density at radius 2 is 1.65 bits per heavy atom. The lowest BCUT2D eigenvalue weighted by atomic mass is 10.1. The SMILES string of the molecule is CCc1cc2ncc(CN3CCN(c4ccc(C(=O)NCCCCCOc5cccc(C(=O)N6CCc7c(nc(C(=O)Nc8ccc(OC(C)C)cc8)n7C(C)C)C6)c5)nc4)CC3)cc2[nH]c1=O. The molecule has 0 aliphatic carbocycles. The van der Waals surface area contributed by atoms with Gasteiger partial charge in [0.25, 0.3) is 23.3 Å². The number of anilines is 2. The van der Waals surface area contributed by atoms with Gasteiger partial charge in [-0.15, -0.1) is 0 Å². The third-order valence-corrected chi connectivity index (χ3v) is 12.3. The summed E-state index contributed by atoms with van der Waals surface area (Å²) in [6.45, 7) is 15.9. The molecule has 0 bridgehead atoms. The van der Waals surface area contributed by atoms with E-state index in [-0.39, 0.29) is 35.4 Å². The molecule has 0 unspecified atom stereocenters. The first-order valence-corrected chi connectivity index (χ1v) is 23.8. The van der Waals surface area contributed by atoms with E-state index in [9.17, 15) is 19.2 Å². The molecule has 6 heterocycles. The van der Waals surface area contributed by atoms with Crippen LogP contribution in [0.25, 0.3) is 11.0 Å². The molecule has 4 aromatic heterocycles. The van der Waals surface area contributed by atoms with Crippen molar-refractivity contribution < 1.29 is 23.9 Å². The van der Waals surface area contributed by atoms with Crippen molar-refractivity contribution in [2.24, 2.45) is 0 Å². The average molecular weight is 923 g/mol. The number of H-pyrrole nitrogens is 1. The van der Waals surface area contributed by atoms with Gasteiger partial charge in [-0.1, -0.05) is 13.0 Å². The highest BCUT2D eigenvalue weighted by Gasteiger charge is 2.30. The molecule has 3 amide bonds. The molecule has 2 aliphatic rings. The Hall–Kier alpha value is -7.07. The predicted octanol–water partition coefficient (Wildman–Crippen LogP) is 7.20. The molecule has 2 aromatic carbocycles. The highest BCUT2D eigenvalue weighted by Crippen LogP contribution is 2.27. The number of rotatable bonds is 18. The monoisotopic (exact) mass is 922 g/mol. The van der Waals surface area contributed by atoms with Gasteiger partial charge in [0.15, 0.2) is 5.82 Å². The molecular weight excluding hydrogens is 861 g/mol. The summed E-state index contributed by atoms with van der Waals surface area (Å²) in [6, 6.07) is 22.1. The van der Waals surface area contributed by atoms with E-state index in [2.05, 4.69) is 35.4 Å². The van der Waals surface area contributed by atoms with E-state index in [1.54, 1.807) is 29.3 Å². The fraction of sp³-hybridized carbons (Fsp3) is 0.404. The number of hydrogen-bond acceptors (Lipinski definition) is 11. The van der Waals surface area contributed by atoms with Crippen molar-refractivity contribution in [1.29, 1.82) is 0 Å². The number of pyridine rings is 3. The first-order valence-electron chi connectivity index (χ1n) is 23.8. The molecule has 356 valence electrons. The summed E-state index contributed by atoms with van der Waals surface area (Å²) in [4.78, 5) is 75.7. The Morgan fingerprint density at radius 1 is 0.838 bits per heavy atom. The van der Waals surface area contributed by atoms with Crippen LogP contribution in [0.5, 0.6) is 11.5 Å². The largest absolute Gasteiger partial charge is 0.494 e. The zero-order chi connectivity index (χ0) is 47.7. The number of hydrogen-bond donors (Lipinski definition) is 3. The first kappa shape index (κ1) is 47.4. The van der Waals surface area contributed by atoms with Crippen LogP contribution < -0.4 is 30.6 Å². The molecule has 0 radical (unpaired) electrons. The van der Waals surface area contributed by atoms with Crippen LogP contribution in [-0.4, -0.2) is 104 Å². The van der Waals surface area contributed by atoms with Gasteiger partial charge in [0.2, 0.25) is 0 Å². The van der Waals surface area contributed by atoms with E-state index in [1.807, 2.05) is 100.0 Å². The van der Waals surface area contributed by atoms with Crippen LogP contribution in [0.15, 0.2) is 90.0 Å². The van der Waals surface area contributed by atoms with E-state index >= 15 is 0 Å². The number of piperazine rings is 1. The third kappa shape index (κ3) is 11.5. The highest BCUT2D eigenvalue weighted by molar-refractivity contribution is 6.02. The number of unbranched alkanes of at least 4 members (excludes halogenated alkanes) is 2. The second kappa shape index (κ2) is 21.7. The second-order valence-electron chi connectivity index (χ2n) is 18.0. The van der Waals surface area contributed by atoms with E-state index in [0.717, 1.165) is 97.0 Å². The van der Waals surface area contributed by atoms with Gasteiger partial charge >= 0.3 is 0 Å². The average Bonchev–Trinajstić information content (AvgIpc) is 3.74. The minimum atomic E-state index is -0.306. The number of ether oxygens (including phenoxy) is 2. The van der Waals surface area contributed by atoms with Gasteiger partial charge in [-0.2, -0.15) is 0 Å². The molecule has 3 N–H and O–H groups in total. The highest BCUT2D eigenvalue weighted by atomic mass is 16.5. The van der Waals surface area contributed by atoms with Gasteiger partial charge in [0.05, 0.1) is 47.9 Å². The molecule has 8 rings (SSSR count). The number of nitrogens with zero attached hydrogens (tertiary/aromatic N) is 7. The van der Waals surface area contributed by atoms with Crippen molar-refractivity contribution in [3.8, 4) is 11.5 Å². The molecule has 0 atom stereocenters. The first-order chi connectivity index (χ1) is 32.9. The smallest absolute Gasteiger partial charge is 0.291 e. The minimum Gasteiger partial charge on any atom is -0.494 e. The van der Waals surface area contributed by atoms with Crippen molar-refractivity contribution in [2.45, 2.75) is 92.0 Å². The van der Waals surface area contributed by atoms with Crippen molar-refractivity contribution in [2.75, 3.05) is 56.1 Å². The Morgan fingerprint density at radius 3 is 2.38 bits per heavy atom. The van der Waals surface area contributed by atoms with E-state index in [4.69, 9.17) is 14.5 Å². The topological polar surface area (TPSA) is 180 Å². The van der Waals surface area contributed by atoms with Crippen LogP contribution in [0.4, 0.5) is 11.4 Å². The van der Waals surface area contributed by atoms with Gasteiger partial charge in [0.1, 0.15) is 17.2 Å². The molecule has 0 saturated carbocycles. The van der Waals surface area contributed by atoms with Gasteiger partial charge in [-0.3, -0.25) is 29.1 Å². The number of carbonyl (C=O) groups excluding carboxylic acids is 3. The lowest BCUT2D eigenvalue weighted by Crippen LogP contribution is -2.46. The number of fused-ring (bicyclic) bond motifs is 2. The van der Waals surface area contributed by atoms with Crippen LogP contribution in [0, 0.1) is 0 Å². The number of carbonyl (C=O) groups is 3. The lowest BCUT2D eigenvalue weighted by Gasteiger charge is -2.36. The number of aromatic amines is 1. The van der Waals surface area contributed by atoms with Crippen molar-refractivity contribution in [1.82, 2.24) is 39.6 Å². The number of aromatic nitrogens is 5. The van der Waals surface area contributed by atoms with Gasteiger partial charge in [0, 0.05) is 87.0 Å². The van der Waals surface area contributed by atoms with E-state index < -0.39 is 0 Å². The zero-order valence-electron chi connectivity index (χ0n) is 39.7. The zero-order valence-corrected chi connectivity index (χ0v) is 39.7. The summed E-state index contributed by atoms with van der Waals surface area (Å²) in [5, 5.41) is 5.96. The maximum absolute atomic E-state index is 13.8. The minimum absolute atomic E-state index is 0.00288. The standard InChI is InChI=1S/C52H62N10O6/c1-6-37-29-44-45(58-49(37)63)27-36(30-54-44)32-59-22-24-60(25-23-59)40-15-18-43(55-31-40)50(64)53-20-8-7-9-26-67-42-12-10-11-38(28-42)52(66)61-21-19-47-46(33-61)57-48(62(47)34(2)3)51(65)56-39-13-16-41(17-14-39)68-35(4)5/h10-18,27-31,34-35H,6-9,19-26,32-33H2,1-5H3,(H,53,64)(H,56,65)(H,58,63).